The van der Waals surface area contributed by atoms with Gasteiger partial charge in [-0.25, -0.2) is 4.98 Å². The van der Waals surface area contributed by atoms with Gasteiger partial charge < -0.3 is 4.90 Å². The summed E-state index contributed by atoms with van der Waals surface area (Å²) in [5.74, 6) is -0.0280. The highest BCUT2D eigenvalue weighted by molar-refractivity contribution is 6.30. The van der Waals surface area contributed by atoms with Crippen molar-refractivity contribution in [2.24, 2.45) is 0 Å². The van der Waals surface area contributed by atoms with Gasteiger partial charge in [0, 0.05) is 47.5 Å². The monoisotopic (exact) mass is 463 g/mol. The van der Waals surface area contributed by atoms with Gasteiger partial charge in [-0.2, -0.15) is 0 Å². The van der Waals surface area contributed by atoms with Crippen molar-refractivity contribution in [2.45, 2.75) is 11.8 Å². The number of pyridine rings is 1. The molecule has 1 aromatic heterocycles. The van der Waals surface area contributed by atoms with Gasteiger partial charge in [-0.3, -0.25) is 9.69 Å². The molecule has 0 saturated carbocycles. The molecule has 162 valence electrons. The van der Waals surface area contributed by atoms with E-state index >= 15 is 0 Å². The summed E-state index contributed by atoms with van der Waals surface area (Å²) in [7, 11) is 0. The Morgan fingerprint density at radius 1 is 1.06 bits per heavy atom. The van der Waals surface area contributed by atoms with Gasteiger partial charge in [0.05, 0.1) is 0 Å². The van der Waals surface area contributed by atoms with Crippen LogP contribution in [0.3, 0.4) is 0 Å². The number of fused-ring (bicyclic) bond motifs is 2. The minimum absolute atomic E-state index is 0.0280. The molecule has 4 nitrogen and oxygen atoms in total. The molecule has 2 aliphatic rings. The van der Waals surface area contributed by atoms with E-state index in [4.69, 9.17) is 23.2 Å². The van der Waals surface area contributed by atoms with Crippen LogP contribution < -0.4 is 4.90 Å². The fourth-order valence-electron chi connectivity index (χ4n) is 4.88. The van der Waals surface area contributed by atoms with Gasteiger partial charge in [-0.05, 0) is 54.4 Å². The Bertz CT molecular complexity index is 1180. The predicted octanol–water partition coefficient (Wildman–Crippen LogP) is 5.71. The topological polar surface area (TPSA) is 36.4 Å². The number of amides is 1. The molecule has 0 radical (unpaired) electrons. The first-order chi connectivity index (χ1) is 15.5. The molecular weight excluding hydrogens is 441 g/mol. The molecule has 2 aliphatic heterocycles. The molecule has 2 aromatic carbocycles. The Hall–Kier alpha value is -2.66. The molecule has 1 spiro atoms. The molecule has 0 N–H and O–H groups in total. The van der Waals surface area contributed by atoms with E-state index < -0.39 is 0 Å². The van der Waals surface area contributed by atoms with Crippen LogP contribution in [0.15, 0.2) is 72.9 Å². The lowest BCUT2D eigenvalue weighted by Crippen LogP contribution is -2.39. The summed E-state index contributed by atoms with van der Waals surface area (Å²) in [6.07, 6.45) is 6.94. The van der Waals surface area contributed by atoms with E-state index in [1.165, 1.54) is 5.56 Å². The maximum Gasteiger partial charge on any atom is 0.258 e. The van der Waals surface area contributed by atoms with Crippen molar-refractivity contribution in [1.29, 1.82) is 0 Å². The maximum atomic E-state index is 13.3. The molecule has 6 heteroatoms. The minimum atomic E-state index is -0.0445. The van der Waals surface area contributed by atoms with Crippen LogP contribution in [-0.2, 0) is 5.41 Å². The van der Waals surface area contributed by atoms with Crippen molar-refractivity contribution in [2.75, 3.05) is 31.1 Å². The highest BCUT2D eigenvalue weighted by Crippen LogP contribution is 2.46. The molecule has 0 aliphatic carbocycles. The third kappa shape index (κ3) is 4.06. The lowest BCUT2D eigenvalue weighted by Gasteiger charge is -2.25. The summed E-state index contributed by atoms with van der Waals surface area (Å²) < 4.78 is 0. The zero-order chi connectivity index (χ0) is 22.1. The zero-order valence-corrected chi connectivity index (χ0v) is 19.1. The Balaban J connectivity index is 1.34. The van der Waals surface area contributed by atoms with Gasteiger partial charge in [0.15, 0.2) is 0 Å². The van der Waals surface area contributed by atoms with E-state index in [0.717, 1.165) is 42.3 Å². The molecule has 3 aromatic rings. The number of rotatable bonds is 4. The number of carbonyl (C=O) groups excluding carboxylic acids is 1. The highest BCUT2D eigenvalue weighted by Gasteiger charge is 2.48. The SMILES string of the molecule is O=C(c1ccnc(Cl)c1)N1CC2(CCN(C/C=C/c3ccc(Cl)cc3)C2)c2ccccc21. The van der Waals surface area contributed by atoms with Crippen LogP contribution in [0.25, 0.3) is 6.08 Å². The van der Waals surface area contributed by atoms with Crippen LogP contribution in [0, 0.1) is 0 Å². The van der Waals surface area contributed by atoms with Crippen LogP contribution in [0.1, 0.15) is 27.9 Å². The Kier molecular flexibility index (Phi) is 5.76. The van der Waals surface area contributed by atoms with Gasteiger partial charge in [-0.15, -0.1) is 0 Å². The van der Waals surface area contributed by atoms with Gasteiger partial charge in [-0.1, -0.05) is 65.7 Å². The number of aromatic nitrogens is 1. The molecule has 1 amide bonds. The van der Waals surface area contributed by atoms with Crippen molar-refractivity contribution in [1.82, 2.24) is 9.88 Å². The Morgan fingerprint density at radius 3 is 2.69 bits per heavy atom. The molecule has 1 unspecified atom stereocenters. The van der Waals surface area contributed by atoms with Crippen LogP contribution in [0.4, 0.5) is 5.69 Å². The number of carbonyl (C=O) groups is 1. The number of hydrogen-bond donors (Lipinski definition) is 0. The second kappa shape index (κ2) is 8.70. The smallest absolute Gasteiger partial charge is 0.258 e. The largest absolute Gasteiger partial charge is 0.307 e. The third-order valence-electron chi connectivity index (χ3n) is 6.42. The predicted molar refractivity (Wildman–Crippen MR) is 131 cm³/mol. The summed E-state index contributed by atoms with van der Waals surface area (Å²) >= 11 is 12.0. The van der Waals surface area contributed by atoms with E-state index in [9.17, 15) is 4.79 Å². The standard InChI is InChI=1S/C26H23Cl2N3O/c27-21-9-7-19(8-10-21)4-3-14-30-15-12-26(17-30)18-31(23-6-2-1-5-22(23)26)25(32)20-11-13-29-24(28)16-20/h1-11,13,16H,12,14-15,17-18H2/b4-3+. The quantitative estimate of drug-likeness (QED) is 0.465. The van der Waals surface area contributed by atoms with Crippen LogP contribution >= 0.6 is 23.2 Å². The number of para-hydroxylation sites is 1. The van der Waals surface area contributed by atoms with Crippen LogP contribution in [-0.4, -0.2) is 42.0 Å². The second-order valence-electron chi connectivity index (χ2n) is 8.50. The molecule has 0 bridgehead atoms. The molecule has 5 rings (SSSR count). The van der Waals surface area contributed by atoms with Crippen molar-refractivity contribution in [3.63, 3.8) is 0 Å². The average Bonchev–Trinajstić information content (AvgIpc) is 3.36. The van der Waals surface area contributed by atoms with Crippen molar-refractivity contribution in [3.05, 3.63) is 99.8 Å². The van der Waals surface area contributed by atoms with E-state index in [2.05, 4.69) is 34.2 Å². The summed E-state index contributed by atoms with van der Waals surface area (Å²) in [5, 5.41) is 1.08. The van der Waals surface area contributed by atoms with E-state index in [1.807, 2.05) is 41.3 Å². The number of likely N-dealkylation sites (tertiary alicyclic amines) is 1. The van der Waals surface area contributed by atoms with Gasteiger partial charge in [0.25, 0.3) is 5.91 Å². The average molecular weight is 464 g/mol. The number of halogens is 2. The molecule has 3 heterocycles. The van der Waals surface area contributed by atoms with Gasteiger partial charge >= 0.3 is 0 Å². The summed E-state index contributed by atoms with van der Waals surface area (Å²) in [6, 6.07) is 19.5. The normalized spacial score (nSPS) is 20.4. The second-order valence-corrected chi connectivity index (χ2v) is 9.32. The zero-order valence-electron chi connectivity index (χ0n) is 17.5. The Morgan fingerprint density at radius 2 is 1.88 bits per heavy atom. The van der Waals surface area contributed by atoms with Crippen LogP contribution in [0.2, 0.25) is 10.2 Å². The summed E-state index contributed by atoms with van der Waals surface area (Å²) in [6.45, 7) is 3.49. The minimum Gasteiger partial charge on any atom is -0.307 e. The fraction of sp³-hybridized carbons (Fsp3) is 0.231. The first-order valence-corrected chi connectivity index (χ1v) is 11.5. The molecule has 1 fully saturated rings. The lowest BCUT2D eigenvalue weighted by molar-refractivity contribution is 0.0985. The van der Waals surface area contributed by atoms with E-state index in [0.29, 0.717) is 17.3 Å². The molecule has 1 atom stereocenters. The third-order valence-corrected chi connectivity index (χ3v) is 6.88. The molecular formula is C26H23Cl2N3O. The van der Waals surface area contributed by atoms with Gasteiger partial charge in [0.1, 0.15) is 5.15 Å². The molecule has 32 heavy (non-hydrogen) atoms. The van der Waals surface area contributed by atoms with E-state index in [1.54, 1.807) is 18.3 Å². The number of benzene rings is 2. The molecule has 1 saturated heterocycles. The van der Waals surface area contributed by atoms with Crippen LogP contribution in [0.5, 0.6) is 0 Å². The first-order valence-electron chi connectivity index (χ1n) is 10.7. The van der Waals surface area contributed by atoms with Crippen molar-refractivity contribution >= 4 is 40.9 Å². The summed E-state index contributed by atoms with van der Waals surface area (Å²) in [4.78, 5) is 21.7. The number of hydrogen-bond acceptors (Lipinski definition) is 3. The van der Waals surface area contributed by atoms with Crippen molar-refractivity contribution < 1.29 is 4.79 Å². The highest BCUT2D eigenvalue weighted by atomic mass is 35.5. The number of nitrogens with zero attached hydrogens (tertiary/aromatic N) is 3. The van der Waals surface area contributed by atoms with E-state index in [-0.39, 0.29) is 11.3 Å². The Labute approximate surface area is 198 Å². The first kappa shape index (κ1) is 21.2. The van der Waals surface area contributed by atoms with Crippen molar-refractivity contribution in [3.8, 4) is 0 Å². The lowest BCUT2D eigenvalue weighted by atomic mass is 9.81. The fourth-order valence-corrected chi connectivity index (χ4v) is 5.18. The van der Waals surface area contributed by atoms with Gasteiger partial charge in [0.2, 0.25) is 0 Å². The maximum absolute atomic E-state index is 13.3. The summed E-state index contributed by atoms with van der Waals surface area (Å²) in [5.41, 5.74) is 3.93. The number of anilines is 1.